The topological polar surface area (TPSA) is 60.9 Å². The summed E-state index contributed by atoms with van der Waals surface area (Å²) < 4.78 is 1.41. The van der Waals surface area contributed by atoms with Gasteiger partial charge in [-0.2, -0.15) is 0 Å². The first-order chi connectivity index (χ1) is 8.86. The van der Waals surface area contributed by atoms with Crippen LogP contribution in [0.4, 0.5) is 0 Å². The lowest BCUT2D eigenvalue weighted by Crippen LogP contribution is -3.00. The number of fused-ring (bicyclic) bond motifs is 1. The molecule has 0 aliphatic carbocycles. The predicted octanol–water partition coefficient (Wildman–Crippen LogP) is -3.93. The van der Waals surface area contributed by atoms with Crippen molar-refractivity contribution < 1.29 is 29.0 Å². The lowest BCUT2D eigenvalue weighted by molar-refractivity contribution is -0.461. The Morgan fingerprint density at radius 2 is 2.11 bits per heavy atom. The molecule has 2 N–H and O–H groups in total. The summed E-state index contributed by atoms with van der Waals surface area (Å²) in [5.74, 6) is 0.684. The minimum absolute atomic E-state index is 0. The summed E-state index contributed by atoms with van der Waals surface area (Å²) in [6, 6.07) is 7.50. The number of hydrogen-bond donors (Lipinski definition) is 2. The van der Waals surface area contributed by atoms with Gasteiger partial charge in [-0.05, 0) is 18.9 Å². The van der Waals surface area contributed by atoms with Crippen LogP contribution in [0.1, 0.15) is 12.8 Å². The highest BCUT2D eigenvalue weighted by Crippen LogP contribution is 2.05. The lowest BCUT2D eigenvalue weighted by Gasteiger charge is -2.02. The number of nitrogens with one attached hydrogen (secondary N) is 2. The van der Waals surface area contributed by atoms with Gasteiger partial charge in [-0.25, -0.2) is 4.79 Å². The summed E-state index contributed by atoms with van der Waals surface area (Å²) in [7, 11) is 0. The van der Waals surface area contributed by atoms with E-state index in [0.29, 0.717) is 11.3 Å². The summed E-state index contributed by atoms with van der Waals surface area (Å²) >= 11 is 0. The van der Waals surface area contributed by atoms with Crippen molar-refractivity contribution in [2.24, 2.45) is 0 Å². The molecule has 0 atom stereocenters. The maximum Gasteiger partial charge on any atom is 0.378 e. The molecule has 0 spiro atoms. The van der Waals surface area contributed by atoms with Gasteiger partial charge in [0.25, 0.3) is 0 Å². The maximum atomic E-state index is 12.3. The molecule has 0 bridgehead atoms. The molecule has 0 fully saturated rings. The zero-order chi connectivity index (χ0) is 12.4. The van der Waals surface area contributed by atoms with Crippen LogP contribution >= 0.6 is 0 Å². The van der Waals surface area contributed by atoms with E-state index >= 15 is 0 Å². The van der Waals surface area contributed by atoms with E-state index in [0.717, 1.165) is 31.3 Å². The van der Waals surface area contributed by atoms with Gasteiger partial charge in [0, 0.05) is 5.39 Å². The molecule has 0 amide bonds. The quantitative estimate of drug-likeness (QED) is 0.466. The number of hydrogen-bond acceptors (Lipinski definition) is 3. The Labute approximate surface area is 127 Å². The van der Waals surface area contributed by atoms with Crippen LogP contribution in [0.2, 0.25) is 0 Å². The van der Waals surface area contributed by atoms with Gasteiger partial charge in [0.05, 0.1) is 24.7 Å². The predicted molar refractivity (Wildman–Crippen MR) is 69.5 cm³/mol. The Kier molecular flexibility index (Phi) is 4.52. The van der Waals surface area contributed by atoms with Crippen LogP contribution in [0.15, 0.2) is 35.3 Å². The van der Waals surface area contributed by atoms with E-state index in [1.54, 1.807) is 6.20 Å². The second-order valence-electron chi connectivity index (χ2n) is 4.36. The second kappa shape index (κ2) is 6.14. The Hall–Kier alpha value is -1.44. The smallest absolute Gasteiger partial charge is 0.378 e. The molecule has 6 heteroatoms. The van der Waals surface area contributed by atoms with Gasteiger partial charge in [0.1, 0.15) is 0 Å². The van der Waals surface area contributed by atoms with Gasteiger partial charge in [-0.1, -0.05) is 22.9 Å². The summed E-state index contributed by atoms with van der Waals surface area (Å²) in [6.07, 6.45) is 3.91. The van der Waals surface area contributed by atoms with Crippen molar-refractivity contribution in [3.8, 4) is 0 Å². The van der Waals surface area contributed by atoms with Crippen molar-refractivity contribution in [3.63, 3.8) is 0 Å². The Morgan fingerprint density at radius 1 is 1.26 bits per heavy atom. The molecule has 0 saturated heterocycles. The number of aromatic nitrogens is 2. The summed E-state index contributed by atoms with van der Waals surface area (Å²) in [5, 5.41) is 8.98. The molecule has 2 aromatic rings. The highest BCUT2D eigenvalue weighted by Gasteiger charge is 2.17. The minimum Gasteiger partial charge on any atom is -1.00 e. The number of halogens is 1. The average molecular weight is 370 g/mol. The average Bonchev–Trinajstić information content (AvgIpc) is 2.68. The minimum atomic E-state index is -0.0926. The molecule has 19 heavy (non-hydrogen) atoms. The van der Waals surface area contributed by atoms with Crippen LogP contribution in [-0.4, -0.2) is 28.8 Å². The molecular weight excluding hydrogens is 355 g/mol. The molecule has 1 aromatic carbocycles. The molecule has 1 aliphatic rings. The summed E-state index contributed by atoms with van der Waals surface area (Å²) in [5.41, 5.74) is -0.0926. The number of nitrogens with zero attached hydrogens (tertiary/aromatic N) is 2. The summed E-state index contributed by atoms with van der Waals surface area (Å²) in [4.78, 5) is 15.5. The van der Waals surface area contributed by atoms with E-state index in [1.807, 2.05) is 24.3 Å². The third-order valence-electron chi connectivity index (χ3n) is 3.10. The van der Waals surface area contributed by atoms with E-state index in [4.69, 9.17) is 0 Å². The molecular formula is C13H15IN4O. The Bertz CT molecular complexity index is 665. The van der Waals surface area contributed by atoms with Crippen LogP contribution in [0, 0.1) is 0 Å². The normalized spacial score (nSPS) is 15.1. The molecule has 1 aliphatic heterocycles. The first-order valence-corrected chi connectivity index (χ1v) is 6.18. The van der Waals surface area contributed by atoms with E-state index in [9.17, 15) is 4.79 Å². The fourth-order valence-electron chi connectivity index (χ4n) is 2.13. The van der Waals surface area contributed by atoms with Crippen molar-refractivity contribution >= 4 is 16.7 Å². The zero-order valence-electron chi connectivity index (χ0n) is 10.4. The van der Waals surface area contributed by atoms with E-state index in [1.165, 1.54) is 4.68 Å². The molecule has 3 rings (SSSR count). The first-order valence-electron chi connectivity index (χ1n) is 6.18. The molecule has 0 saturated carbocycles. The molecule has 5 nitrogen and oxygen atoms in total. The lowest BCUT2D eigenvalue weighted by atomic mass is 10.2. The van der Waals surface area contributed by atoms with Crippen LogP contribution < -0.4 is 39.8 Å². The third-order valence-corrected chi connectivity index (χ3v) is 3.10. The van der Waals surface area contributed by atoms with Crippen molar-refractivity contribution in [3.05, 3.63) is 40.8 Å². The van der Waals surface area contributed by atoms with E-state index < -0.39 is 0 Å². The van der Waals surface area contributed by atoms with Gasteiger partial charge in [0.2, 0.25) is 0 Å². The van der Waals surface area contributed by atoms with E-state index in [-0.39, 0.29) is 29.5 Å². The van der Waals surface area contributed by atoms with Gasteiger partial charge in [0.15, 0.2) is 0 Å². The van der Waals surface area contributed by atoms with Crippen molar-refractivity contribution in [1.29, 1.82) is 0 Å². The maximum absolute atomic E-state index is 12.3. The van der Waals surface area contributed by atoms with Crippen LogP contribution in [-0.2, 0) is 0 Å². The SMILES string of the molecule is O=c1c2ccccc2cnn1C1=[NH+]CCCCN1.[I-]. The standard InChI is InChI=1S/C13H14N4O.HI/c18-12-11-6-2-1-5-10(11)9-16-17(12)13-14-7-3-4-8-15-13;/h1-2,5-6,9H,3-4,7-8H2,(H,14,15);1H. The van der Waals surface area contributed by atoms with Gasteiger partial charge in [-0.15, -0.1) is 5.10 Å². The third kappa shape index (κ3) is 2.78. The van der Waals surface area contributed by atoms with Gasteiger partial charge >= 0.3 is 11.5 Å². The second-order valence-corrected chi connectivity index (χ2v) is 4.36. The Morgan fingerprint density at radius 3 is 3.00 bits per heavy atom. The largest absolute Gasteiger partial charge is 1.00 e. The highest BCUT2D eigenvalue weighted by molar-refractivity contribution is 5.84. The van der Waals surface area contributed by atoms with Crippen LogP contribution in [0.25, 0.3) is 10.8 Å². The highest BCUT2D eigenvalue weighted by atomic mass is 127. The fraction of sp³-hybridized carbons (Fsp3) is 0.308. The molecule has 2 heterocycles. The Balaban J connectivity index is 0.00000133. The van der Waals surface area contributed by atoms with Gasteiger partial charge < -0.3 is 24.0 Å². The summed E-state index contributed by atoms with van der Waals surface area (Å²) in [6.45, 7) is 1.73. The molecule has 100 valence electrons. The zero-order valence-corrected chi connectivity index (χ0v) is 12.6. The number of rotatable bonds is 0. The monoisotopic (exact) mass is 370 g/mol. The van der Waals surface area contributed by atoms with Crippen molar-refractivity contribution in [2.75, 3.05) is 13.1 Å². The molecule has 0 radical (unpaired) electrons. The number of benzene rings is 1. The van der Waals surface area contributed by atoms with Gasteiger partial charge in [-0.3, -0.25) is 10.3 Å². The van der Waals surface area contributed by atoms with E-state index in [2.05, 4.69) is 15.4 Å². The van der Waals surface area contributed by atoms with Crippen molar-refractivity contribution in [1.82, 2.24) is 15.1 Å². The van der Waals surface area contributed by atoms with Crippen LogP contribution in [0.3, 0.4) is 0 Å². The fourth-order valence-corrected chi connectivity index (χ4v) is 2.13. The molecule has 1 aromatic heterocycles. The molecule has 0 unspecified atom stereocenters. The van der Waals surface area contributed by atoms with Crippen molar-refractivity contribution in [2.45, 2.75) is 12.8 Å². The first kappa shape index (κ1) is 14.0. The van der Waals surface area contributed by atoms with Crippen LogP contribution in [0.5, 0.6) is 0 Å².